The van der Waals surface area contributed by atoms with Crippen LogP contribution >= 0.6 is 25.6 Å². The van der Waals surface area contributed by atoms with E-state index in [-0.39, 0.29) is 52.4 Å². The minimum Gasteiger partial charge on any atom is -0.395 e. The van der Waals surface area contributed by atoms with Gasteiger partial charge in [0.15, 0.2) is 47.7 Å². The number of aromatic nitrogens is 9. The fraction of sp³-hybridized carbons (Fsp3) is 0.526. The van der Waals surface area contributed by atoms with E-state index in [4.69, 9.17) is 53.4 Å². The summed E-state index contributed by atoms with van der Waals surface area (Å²) in [4.78, 5) is 51.6. The molecule has 0 amide bonds. The first kappa shape index (κ1) is 31.7. The maximum atomic E-state index is 15.7. The Hall–Kier alpha value is -2.27. The van der Waals surface area contributed by atoms with Gasteiger partial charge in [0.1, 0.15) is 23.9 Å². The largest absolute Gasteiger partial charge is 0.395 e. The Labute approximate surface area is 260 Å². The van der Waals surface area contributed by atoms with Gasteiger partial charge in [-0.15, -0.1) is 16.9 Å². The molecule has 2 aliphatic rings. The summed E-state index contributed by atoms with van der Waals surface area (Å²) in [5, 5.41) is 16.6. The molecule has 238 valence electrons. The van der Waals surface area contributed by atoms with Crippen LogP contribution in [0.25, 0.3) is 22.3 Å². The molecular formula is C19H24FN11O8P2S3. The number of H-pyrrole nitrogens is 1. The van der Waals surface area contributed by atoms with Crippen LogP contribution in [0, 0.1) is 0 Å². The summed E-state index contributed by atoms with van der Waals surface area (Å²) in [6, 6.07) is 0. The first-order valence-corrected chi connectivity index (χ1v) is 18.6. The number of hydrogen-bond acceptors (Lipinski definition) is 17. The minimum atomic E-state index is -4.07. The third-order valence-corrected chi connectivity index (χ3v) is 10.7. The zero-order valence-corrected chi connectivity index (χ0v) is 26.3. The molecular weight excluding hydrogens is 687 g/mol. The van der Waals surface area contributed by atoms with Gasteiger partial charge in [0.25, 0.3) is 5.56 Å². The lowest BCUT2D eigenvalue weighted by molar-refractivity contribution is -0.0478. The summed E-state index contributed by atoms with van der Waals surface area (Å²) in [5.41, 5.74) is 11.4. The van der Waals surface area contributed by atoms with Gasteiger partial charge in [-0.05, 0) is 30.0 Å². The standard InChI is InChI=1S/C19H24FN11O8P2S3/c20-9-12(38-40(34)42)8(37-17(9)31-14-10(28-29-31)13(21)23-4-24-14)3-36-41(35,43)39-7-1-6(2-32)44-18(7)30-5-25-11-15(30)26-19(22)27-16(11)33/h4-9,12,17-18,32,40H,1-3H2,(H,34,42)(H,35,43)(H2,21,23,24)(H3,22,26,27,33)/t6-,7+,8+,9-,12+,17+,18+,41?/m0/s1. The SMILES string of the molecule is Nc1nc2c(ncn2[C@@H]2S[C@H](CO)C[C@H]2OP(O)(=S)OC[C@H]2O[C@@H](n3nnc4c(N)ncnc43)[C@@H](F)[C@@H]2O[PH](O)=S)c(=O)[nH]1. The van der Waals surface area contributed by atoms with E-state index in [2.05, 4.69) is 35.2 Å². The van der Waals surface area contributed by atoms with Crippen molar-refractivity contribution in [3.05, 3.63) is 23.0 Å². The summed E-state index contributed by atoms with van der Waals surface area (Å²) in [7, 11) is -2.83. The number of halogens is 1. The van der Waals surface area contributed by atoms with Gasteiger partial charge in [0.05, 0.1) is 25.6 Å². The van der Waals surface area contributed by atoms with E-state index in [1.807, 2.05) is 0 Å². The van der Waals surface area contributed by atoms with Crippen LogP contribution < -0.4 is 17.0 Å². The Morgan fingerprint density at radius 2 is 2.09 bits per heavy atom. The van der Waals surface area contributed by atoms with Crippen molar-refractivity contribution >= 4 is 83.3 Å². The van der Waals surface area contributed by atoms with Crippen LogP contribution in [0.1, 0.15) is 18.0 Å². The molecule has 25 heteroatoms. The monoisotopic (exact) mass is 711 g/mol. The van der Waals surface area contributed by atoms with Gasteiger partial charge in [-0.3, -0.25) is 14.3 Å². The first-order chi connectivity index (χ1) is 21.0. The van der Waals surface area contributed by atoms with Gasteiger partial charge in [-0.25, -0.2) is 19.3 Å². The molecule has 2 aliphatic heterocycles. The third kappa shape index (κ3) is 6.11. The number of ether oxygens (including phenoxy) is 1. The van der Waals surface area contributed by atoms with Crippen LogP contribution in [0.4, 0.5) is 16.2 Å². The van der Waals surface area contributed by atoms with Gasteiger partial charge < -0.3 is 44.7 Å². The van der Waals surface area contributed by atoms with E-state index in [0.29, 0.717) is 0 Å². The highest BCUT2D eigenvalue weighted by Crippen LogP contribution is 2.54. The zero-order valence-electron chi connectivity index (χ0n) is 22.0. The Kier molecular flexibility index (Phi) is 9.00. The van der Waals surface area contributed by atoms with Crippen molar-refractivity contribution in [2.75, 3.05) is 24.7 Å². The molecule has 0 aliphatic carbocycles. The summed E-state index contributed by atoms with van der Waals surface area (Å²) in [6.45, 7) is -4.82. The lowest BCUT2D eigenvalue weighted by atomic mass is 10.1. The smallest absolute Gasteiger partial charge is 0.324 e. The normalized spacial score (nSPS) is 29.4. The van der Waals surface area contributed by atoms with Crippen molar-refractivity contribution in [2.24, 2.45) is 0 Å². The van der Waals surface area contributed by atoms with Crippen molar-refractivity contribution in [2.45, 2.75) is 47.8 Å². The number of nitrogens with zero attached hydrogens (tertiary/aromatic N) is 8. The number of fused-ring (bicyclic) bond motifs is 2. The molecule has 0 spiro atoms. The molecule has 8 N–H and O–H groups in total. The molecule has 2 saturated heterocycles. The number of alkyl halides is 1. The van der Waals surface area contributed by atoms with Crippen LogP contribution in [0.5, 0.6) is 0 Å². The molecule has 6 rings (SSSR count). The highest BCUT2D eigenvalue weighted by Gasteiger charge is 2.50. The molecule has 0 bridgehead atoms. The Bertz CT molecular complexity index is 1830. The molecule has 19 nitrogen and oxygen atoms in total. The molecule has 0 saturated carbocycles. The topological polar surface area (TPSA) is 270 Å². The van der Waals surface area contributed by atoms with Crippen molar-refractivity contribution < 1.29 is 37.6 Å². The fourth-order valence-corrected chi connectivity index (χ4v) is 8.70. The summed E-state index contributed by atoms with van der Waals surface area (Å²) in [5.74, 6) is -0.105. The summed E-state index contributed by atoms with van der Waals surface area (Å²) < 4.78 is 40.8. The molecule has 4 aromatic rings. The number of nitrogens with two attached hydrogens (primary N) is 2. The summed E-state index contributed by atoms with van der Waals surface area (Å²) in [6.07, 6.45) is -4.14. The minimum absolute atomic E-state index is 0.0217. The second-order valence-electron chi connectivity index (χ2n) is 9.57. The second-order valence-corrected chi connectivity index (χ2v) is 15.6. The zero-order chi connectivity index (χ0) is 31.3. The number of aliphatic hydroxyl groups excluding tert-OH is 1. The molecule has 44 heavy (non-hydrogen) atoms. The number of nitrogens with one attached hydrogen (secondary N) is 1. The maximum Gasteiger partial charge on any atom is 0.324 e. The first-order valence-electron chi connectivity index (χ1n) is 12.6. The van der Waals surface area contributed by atoms with Crippen LogP contribution in [0.15, 0.2) is 17.4 Å². The Balaban J connectivity index is 1.20. The van der Waals surface area contributed by atoms with E-state index in [0.717, 1.165) is 11.0 Å². The fourth-order valence-electron chi connectivity index (χ4n) is 4.91. The van der Waals surface area contributed by atoms with Crippen molar-refractivity contribution in [1.29, 1.82) is 0 Å². The van der Waals surface area contributed by atoms with E-state index in [1.165, 1.54) is 22.7 Å². The van der Waals surface area contributed by atoms with Gasteiger partial charge in [-0.1, -0.05) is 5.21 Å². The van der Waals surface area contributed by atoms with Gasteiger partial charge in [0, 0.05) is 5.25 Å². The third-order valence-electron chi connectivity index (χ3n) is 6.78. The lowest BCUT2D eigenvalue weighted by Crippen LogP contribution is -2.33. The molecule has 6 heterocycles. The van der Waals surface area contributed by atoms with Gasteiger partial charge in [0.2, 0.25) is 5.95 Å². The highest BCUT2D eigenvalue weighted by molar-refractivity contribution is 8.07. The number of hydrogen-bond donors (Lipinski definition) is 6. The second kappa shape index (κ2) is 12.5. The Morgan fingerprint density at radius 1 is 1.30 bits per heavy atom. The quantitative estimate of drug-likeness (QED) is 0.110. The number of thioether (sulfide) groups is 1. The van der Waals surface area contributed by atoms with E-state index in [1.54, 1.807) is 0 Å². The van der Waals surface area contributed by atoms with E-state index < -0.39 is 62.1 Å². The van der Waals surface area contributed by atoms with Gasteiger partial charge >= 0.3 is 6.72 Å². The molecule has 2 unspecified atom stereocenters. The number of imidazole rings is 1. The molecule has 2 fully saturated rings. The van der Waals surface area contributed by atoms with Crippen LogP contribution in [0.2, 0.25) is 0 Å². The summed E-state index contributed by atoms with van der Waals surface area (Å²) >= 11 is 11.3. The molecule has 9 atom stereocenters. The van der Waals surface area contributed by atoms with Crippen molar-refractivity contribution in [3.63, 3.8) is 0 Å². The van der Waals surface area contributed by atoms with Crippen LogP contribution in [-0.2, 0) is 41.9 Å². The number of aromatic amines is 1. The van der Waals surface area contributed by atoms with Crippen molar-refractivity contribution in [1.82, 2.24) is 44.5 Å². The van der Waals surface area contributed by atoms with Crippen LogP contribution in [-0.4, -0.2) is 102 Å². The molecule has 0 aromatic carbocycles. The van der Waals surface area contributed by atoms with Gasteiger partial charge in [-0.2, -0.15) is 9.67 Å². The maximum absolute atomic E-state index is 15.7. The van der Waals surface area contributed by atoms with Crippen LogP contribution in [0.3, 0.4) is 0 Å². The number of aliphatic hydroxyl groups is 1. The lowest BCUT2D eigenvalue weighted by Gasteiger charge is -2.26. The highest BCUT2D eigenvalue weighted by atomic mass is 32.5. The van der Waals surface area contributed by atoms with E-state index in [9.17, 15) is 19.7 Å². The molecule has 0 radical (unpaired) electrons. The number of nitrogen functional groups attached to an aromatic ring is 2. The predicted molar refractivity (Wildman–Crippen MR) is 161 cm³/mol. The number of anilines is 2. The Morgan fingerprint density at radius 3 is 2.84 bits per heavy atom. The average molecular weight is 712 g/mol. The molecule has 4 aromatic heterocycles. The van der Waals surface area contributed by atoms with E-state index >= 15 is 4.39 Å². The van der Waals surface area contributed by atoms with Crippen molar-refractivity contribution in [3.8, 4) is 0 Å². The predicted octanol–water partition coefficient (Wildman–Crippen LogP) is -0.747. The number of rotatable bonds is 10. The average Bonchev–Trinajstić information content (AvgIpc) is 3.73.